The molecular formula is C20H21Cl2NO3S. The second kappa shape index (κ2) is 7.28. The highest BCUT2D eigenvalue weighted by Gasteiger charge is 2.40. The Morgan fingerprint density at radius 1 is 1.11 bits per heavy atom. The molecule has 0 amide bonds. The summed E-state index contributed by atoms with van der Waals surface area (Å²) >= 11 is 12.7. The number of hydrogen-bond donors (Lipinski definition) is 0. The van der Waals surface area contributed by atoms with Crippen LogP contribution in [0.4, 0.5) is 0 Å². The molecule has 4 nitrogen and oxygen atoms in total. The number of nitrogens with zero attached hydrogens (tertiary/aromatic N) is 1. The SMILES string of the molecule is CS(=O)(=O)c1ccccc1O[C@H]1c2cc(Cl)cc(Cl)c2C[C@@H]1N1CCCC1. The largest absolute Gasteiger partial charge is 0.483 e. The summed E-state index contributed by atoms with van der Waals surface area (Å²) in [7, 11) is -3.40. The number of sulfone groups is 1. The molecular weight excluding hydrogens is 405 g/mol. The van der Waals surface area contributed by atoms with Gasteiger partial charge in [-0.1, -0.05) is 35.3 Å². The summed E-state index contributed by atoms with van der Waals surface area (Å²) in [5.41, 5.74) is 1.99. The summed E-state index contributed by atoms with van der Waals surface area (Å²) in [5.74, 6) is 0.373. The van der Waals surface area contributed by atoms with Gasteiger partial charge in [-0.15, -0.1) is 0 Å². The molecule has 0 bridgehead atoms. The third-order valence-corrected chi connectivity index (χ3v) is 7.07. The summed E-state index contributed by atoms with van der Waals surface area (Å²) in [6.07, 6.45) is 3.99. The minimum absolute atomic E-state index is 0.117. The lowest BCUT2D eigenvalue weighted by Crippen LogP contribution is -2.38. The zero-order chi connectivity index (χ0) is 19.2. The van der Waals surface area contributed by atoms with E-state index in [1.807, 2.05) is 6.07 Å². The van der Waals surface area contributed by atoms with Crippen LogP contribution < -0.4 is 4.74 Å². The van der Waals surface area contributed by atoms with Crippen molar-refractivity contribution >= 4 is 33.0 Å². The molecule has 0 N–H and O–H groups in total. The molecule has 1 saturated heterocycles. The molecule has 144 valence electrons. The average Bonchev–Trinajstić information content (AvgIpc) is 3.23. The highest BCUT2D eigenvalue weighted by molar-refractivity contribution is 7.90. The van der Waals surface area contributed by atoms with Gasteiger partial charge in [-0.2, -0.15) is 0 Å². The molecule has 2 aliphatic rings. The van der Waals surface area contributed by atoms with Crippen molar-refractivity contribution in [1.82, 2.24) is 4.90 Å². The molecule has 2 atom stereocenters. The predicted molar refractivity (Wildman–Crippen MR) is 108 cm³/mol. The standard InChI is InChI=1S/C20H21Cl2NO3S/c1-27(24,25)19-7-3-2-6-18(19)26-20-15-10-13(21)11-16(22)14(15)12-17(20)23-8-4-5-9-23/h2-3,6-7,10-11,17,20H,4-5,8-9,12H2,1H3/t17-,20-/m0/s1. The van der Waals surface area contributed by atoms with Gasteiger partial charge in [-0.05, 0) is 62.2 Å². The zero-order valence-electron chi connectivity index (χ0n) is 15.0. The van der Waals surface area contributed by atoms with Crippen molar-refractivity contribution < 1.29 is 13.2 Å². The van der Waals surface area contributed by atoms with Crippen LogP contribution in [0.5, 0.6) is 5.75 Å². The fraction of sp³-hybridized carbons (Fsp3) is 0.400. The molecule has 0 radical (unpaired) electrons. The molecule has 0 unspecified atom stereocenters. The van der Waals surface area contributed by atoms with E-state index in [-0.39, 0.29) is 17.0 Å². The lowest BCUT2D eigenvalue weighted by Gasteiger charge is -2.30. The molecule has 2 aromatic rings. The number of halogens is 2. The van der Waals surface area contributed by atoms with E-state index in [0.717, 1.165) is 43.5 Å². The topological polar surface area (TPSA) is 46.6 Å². The van der Waals surface area contributed by atoms with E-state index >= 15 is 0 Å². The predicted octanol–water partition coefficient (Wildman–Crippen LogP) is 4.54. The summed E-state index contributed by atoms with van der Waals surface area (Å²) in [4.78, 5) is 2.62. The normalized spacial score (nSPS) is 22.8. The number of hydrogen-bond acceptors (Lipinski definition) is 4. The van der Waals surface area contributed by atoms with Crippen LogP contribution in [0.15, 0.2) is 41.3 Å². The van der Waals surface area contributed by atoms with E-state index < -0.39 is 9.84 Å². The second-order valence-electron chi connectivity index (χ2n) is 7.23. The van der Waals surface area contributed by atoms with Gasteiger partial charge in [0.2, 0.25) is 0 Å². The van der Waals surface area contributed by atoms with Crippen LogP contribution in [0.1, 0.15) is 30.1 Å². The van der Waals surface area contributed by atoms with E-state index in [1.165, 1.54) is 6.26 Å². The monoisotopic (exact) mass is 425 g/mol. The molecule has 0 spiro atoms. The quantitative estimate of drug-likeness (QED) is 0.721. The van der Waals surface area contributed by atoms with Gasteiger partial charge in [0.1, 0.15) is 16.7 Å². The Morgan fingerprint density at radius 3 is 2.52 bits per heavy atom. The molecule has 0 saturated carbocycles. The number of benzene rings is 2. The van der Waals surface area contributed by atoms with E-state index in [1.54, 1.807) is 30.3 Å². The molecule has 1 heterocycles. The van der Waals surface area contributed by atoms with Crippen LogP contribution in [0.25, 0.3) is 0 Å². The first-order valence-electron chi connectivity index (χ1n) is 9.02. The van der Waals surface area contributed by atoms with Gasteiger partial charge in [0.25, 0.3) is 0 Å². The number of likely N-dealkylation sites (tertiary alicyclic amines) is 1. The first-order valence-corrected chi connectivity index (χ1v) is 11.7. The molecule has 0 aromatic heterocycles. The Morgan fingerprint density at radius 2 is 1.81 bits per heavy atom. The van der Waals surface area contributed by atoms with Crippen LogP contribution in [0.3, 0.4) is 0 Å². The zero-order valence-corrected chi connectivity index (χ0v) is 17.3. The van der Waals surface area contributed by atoms with Gasteiger partial charge in [0, 0.05) is 21.9 Å². The first kappa shape index (κ1) is 19.1. The fourth-order valence-electron chi connectivity index (χ4n) is 4.14. The summed E-state index contributed by atoms with van der Waals surface area (Å²) < 4.78 is 30.7. The second-order valence-corrected chi connectivity index (χ2v) is 10.1. The average molecular weight is 426 g/mol. The van der Waals surface area contributed by atoms with Crippen LogP contribution in [-0.2, 0) is 16.3 Å². The molecule has 27 heavy (non-hydrogen) atoms. The van der Waals surface area contributed by atoms with Crippen LogP contribution in [0, 0.1) is 0 Å². The van der Waals surface area contributed by atoms with Gasteiger partial charge in [-0.25, -0.2) is 8.42 Å². The molecule has 1 aliphatic carbocycles. The molecule has 7 heteroatoms. The van der Waals surface area contributed by atoms with Gasteiger partial charge >= 0.3 is 0 Å². The van der Waals surface area contributed by atoms with Crippen LogP contribution >= 0.6 is 23.2 Å². The van der Waals surface area contributed by atoms with E-state index in [9.17, 15) is 8.42 Å². The molecule has 4 rings (SSSR count). The minimum Gasteiger partial charge on any atom is -0.483 e. The van der Waals surface area contributed by atoms with Gasteiger partial charge < -0.3 is 4.74 Å². The van der Waals surface area contributed by atoms with Crippen molar-refractivity contribution in [2.24, 2.45) is 0 Å². The van der Waals surface area contributed by atoms with Crippen LogP contribution in [-0.4, -0.2) is 38.7 Å². The lowest BCUT2D eigenvalue weighted by molar-refractivity contribution is 0.0916. The molecule has 1 aliphatic heterocycles. The van der Waals surface area contributed by atoms with Crippen molar-refractivity contribution in [2.45, 2.75) is 36.3 Å². The van der Waals surface area contributed by atoms with Crippen molar-refractivity contribution in [3.05, 3.63) is 57.6 Å². The van der Waals surface area contributed by atoms with Crippen LogP contribution in [0.2, 0.25) is 10.0 Å². The Hall–Kier alpha value is -1.27. The Balaban J connectivity index is 1.77. The van der Waals surface area contributed by atoms with Gasteiger partial charge in [0.05, 0.1) is 6.04 Å². The maximum atomic E-state index is 12.2. The number of ether oxygens (including phenoxy) is 1. The summed E-state index contributed by atoms with van der Waals surface area (Å²) in [5, 5.41) is 1.20. The van der Waals surface area contributed by atoms with E-state index in [2.05, 4.69) is 4.90 Å². The maximum absolute atomic E-state index is 12.2. The third kappa shape index (κ3) is 3.70. The Bertz CT molecular complexity index is 971. The highest BCUT2D eigenvalue weighted by Crippen LogP contribution is 2.44. The highest BCUT2D eigenvalue weighted by atomic mass is 35.5. The number of para-hydroxylation sites is 1. The smallest absolute Gasteiger partial charge is 0.179 e. The van der Waals surface area contributed by atoms with Gasteiger partial charge in [0.15, 0.2) is 9.84 Å². The molecule has 2 aromatic carbocycles. The number of rotatable bonds is 4. The fourth-order valence-corrected chi connectivity index (χ4v) is 5.54. The Labute approximate surface area is 170 Å². The van der Waals surface area contributed by atoms with Crippen molar-refractivity contribution in [3.63, 3.8) is 0 Å². The lowest BCUT2D eigenvalue weighted by atomic mass is 10.1. The maximum Gasteiger partial charge on any atom is 0.179 e. The molecule has 1 fully saturated rings. The van der Waals surface area contributed by atoms with Gasteiger partial charge in [-0.3, -0.25) is 4.90 Å². The summed E-state index contributed by atoms with van der Waals surface area (Å²) in [6.45, 7) is 2.02. The van der Waals surface area contributed by atoms with Crippen molar-refractivity contribution in [2.75, 3.05) is 19.3 Å². The summed E-state index contributed by atoms with van der Waals surface area (Å²) in [6, 6.07) is 10.6. The van der Waals surface area contributed by atoms with E-state index in [4.69, 9.17) is 27.9 Å². The van der Waals surface area contributed by atoms with E-state index in [0.29, 0.717) is 15.8 Å². The number of fused-ring (bicyclic) bond motifs is 1. The first-order chi connectivity index (χ1) is 12.8. The Kier molecular flexibility index (Phi) is 5.14. The third-order valence-electron chi connectivity index (χ3n) is 5.38. The van der Waals surface area contributed by atoms with Crippen molar-refractivity contribution in [1.29, 1.82) is 0 Å². The minimum atomic E-state index is -3.40. The van der Waals surface area contributed by atoms with Crippen molar-refractivity contribution in [3.8, 4) is 5.75 Å².